The topological polar surface area (TPSA) is 54.0 Å². The zero-order valence-electron chi connectivity index (χ0n) is 16.6. The van der Waals surface area contributed by atoms with Crippen LogP contribution < -0.4 is 0 Å². The summed E-state index contributed by atoms with van der Waals surface area (Å²) in [5.41, 5.74) is 0.499. The van der Waals surface area contributed by atoms with Gasteiger partial charge in [-0.25, -0.2) is 4.79 Å². The molecule has 26 heavy (non-hydrogen) atoms. The molecule has 148 valence electrons. The van der Waals surface area contributed by atoms with E-state index < -0.39 is 18.5 Å². The van der Waals surface area contributed by atoms with Crippen LogP contribution in [-0.4, -0.2) is 38.4 Å². The quantitative estimate of drug-likeness (QED) is 0.269. The molecule has 0 aromatic heterocycles. The van der Waals surface area contributed by atoms with Crippen LogP contribution in [0.25, 0.3) is 0 Å². The molecule has 0 N–H and O–H groups in total. The Bertz CT molecular complexity index is 477. The van der Waals surface area contributed by atoms with Crippen molar-refractivity contribution in [2.24, 2.45) is 5.92 Å². The lowest BCUT2D eigenvalue weighted by molar-refractivity contribution is -0.216. The molecule has 1 rings (SSSR count). The van der Waals surface area contributed by atoms with E-state index >= 15 is 0 Å². The van der Waals surface area contributed by atoms with Crippen molar-refractivity contribution in [3.05, 3.63) is 35.9 Å². The minimum atomic E-state index is -0.683. The molecule has 1 aromatic rings. The minimum absolute atomic E-state index is 0.411. The number of carbonyl (C=O) groups is 1. The molecule has 3 atom stereocenters. The van der Waals surface area contributed by atoms with Crippen molar-refractivity contribution in [2.45, 2.75) is 66.0 Å². The largest absolute Gasteiger partial charge is 0.432 e. The van der Waals surface area contributed by atoms with Gasteiger partial charge in [0.2, 0.25) is 6.29 Å². The highest BCUT2D eigenvalue weighted by atomic mass is 16.8. The molecule has 0 aliphatic rings. The summed E-state index contributed by atoms with van der Waals surface area (Å²) < 4.78 is 22.0. The molecular weight excluding hydrogens is 332 g/mol. The molecule has 0 saturated carbocycles. The first-order valence-corrected chi connectivity index (χ1v) is 9.67. The molecule has 5 heteroatoms. The monoisotopic (exact) mass is 366 g/mol. The average Bonchev–Trinajstić information content (AvgIpc) is 2.64. The second kappa shape index (κ2) is 13.7. The van der Waals surface area contributed by atoms with Crippen LogP contribution in [0.4, 0.5) is 0 Å². The normalized spacial score (nSPS) is 14.6. The molecular formula is C21H34O5. The van der Waals surface area contributed by atoms with Crippen LogP contribution in [0.3, 0.4) is 0 Å². The molecule has 0 radical (unpaired) electrons. The van der Waals surface area contributed by atoms with Crippen molar-refractivity contribution >= 4 is 5.97 Å². The van der Waals surface area contributed by atoms with Crippen molar-refractivity contribution in [2.75, 3.05) is 19.8 Å². The maximum atomic E-state index is 11.9. The third kappa shape index (κ3) is 9.90. The van der Waals surface area contributed by atoms with Gasteiger partial charge in [0.15, 0.2) is 6.29 Å². The lowest BCUT2D eigenvalue weighted by Gasteiger charge is -2.20. The van der Waals surface area contributed by atoms with Crippen LogP contribution in [0.2, 0.25) is 0 Å². The maximum Gasteiger partial charge on any atom is 0.340 e. The van der Waals surface area contributed by atoms with Crippen LogP contribution in [-0.2, 0) is 18.9 Å². The molecule has 0 heterocycles. The van der Waals surface area contributed by atoms with E-state index in [2.05, 4.69) is 13.8 Å². The van der Waals surface area contributed by atoms with E-state index in [4.69, 9.17) is 18.9 Å². The number of hydrogen-bond donors (Lipinski definition) is 0. The fourth-order valence-electron chi connectivity index (χ4n) is 2.55. The third-order valence-electron chi connectivity index (χ3n) is 4.14. The molecule has 0 saturated heterocycles. The Hall–Kier alpha value is -1.43. The lowest BCUT2D eigenvalue weighted by Crippen LogP contribution is -2.26. The molecule has 0 spiro atoms. The summed E-state index contributed by atoms with van der Waals surface area (Å²) in [4.78, 5) is 11.9. The number of ether oxygens (including phenoxy) is 4. The molecule has 3 unspecified atom stereocenters. The van der Waals surface area contributed by atoms with Gasteiger partial charge in [-0.05, 0) is 38.3 Å². The predicted molar refractivity (Wildman–Crippen MR) is 102 cm³/mol. The van der Waals surface area contributed by atoms with Crippen molar-refractivity contribution in [1.29, 1.82) is 0 Å². The van der Waals surface area contributed by atoms with Crippen LogP contribution >= 0.6 is 0 Å². The SMILES string of the molecule is CCCCC(CC)COCCOC(C)OC(C)OC(=O)c1ccccc1. The van der Waals surface area contributed by atoms with Gasteiger partial charge in [-0.1, -0.05) is 51.3 Å². The van der Waals surface area contributed by atoms with Crippen molar-refractivity contribution in [3.63, 3.8) is 0 Å². The molecule has 0 fully saturated rings. The van der Waals surface area contributed by atoms with Crippen LogP contribution in [0.5, 0.6) is 0 Å². The van der Waals surface area contributed by atoms with Crippen molar-refractivity contribution in [3.8, 4) is 0 Å². The van der Waals surface area contributed by atoms with E-state index in [0.29, 0.717) is 24.7 Å². The van der Waals surface area contributed by atoms with Gasteiger partial charge < -0.3 is 18.9 Å². The fraction of sp³-hybridized carbons (Fsp3) is 0.667. The summed E-state index contributed by atoms with van der Waals surface area (Å²) in [6.07, 6.45) is 3.68. The van der Waals surface area contributed by atoms with Crippen molar-refractivity contribution in [1.82, 2.24) is 0 Å². The fourth-order valence-corrected chi connectivity index (χ4v) is 2.55. The molecule has 1 aromatic carbocycles. The third-order valence-corrected chi connectivity index (χ3v) is 4.14. The number of unbranched alkanes of at least 4 members (excludes halogenated alkanes) is 1. The Morgan fingerprint density at radius 2 is 1.77 bits per heavy atom. The smallest absolute Gasteiger partial charge is 0.340 e. The summed E-state index contributed by atoms with van der Waals surface area (Å²) >= 11 is 0. The van der Waals surface area contributed by atoms with Gasteiger partial charge in [0.25, 0.3) is 0 Å². The van der Waals surface area contributed by atoms with Gasteiger partial charge in [-0.2, -0.15) is 0 Å². The highest BCUT2D eigenvalue weighted by Crippen LogP contribution is 2.13. The summed E-state index contributed by atoms with van der Waals surface area (Å²) in [5, 5.41) is 0. The second-order valence-corrected chi connectivity index (χ2v) is 6.40. The summed E-state index contributed by atoms with van der Waals surface area (Å²) in [7, 11) is 0. The van der Waals surface area contributed by atoms with Crippen LogP contribution in [0, 0.1) is 5.92 Å². The Kier molecular flexibility index (Phi) is 11.9. The van der Waals surface area contributed by atoms with Gasteiger partial charge in [-0.15, -0.1) is 0 Å². The number of carbonyl (C=O) groups excluding carboxylic acids is 1. The van der Waals surface area contributed by atoms with E-state index in [1.165, 1.54) is 19.3 Å². The molecule has 0 bridgehead atoms. The first-order valence-electron chi connectivity index (χ1n) is 9.67. The predicted octanol–water partition coefficient (Wildman–Crippen LogP) is 4.80. The minimum Gasteiger partial charge on any atom is -0.432 e. The molecule has 0 aliphatic carbocycles. The van der Waals surface area contributed by atoms with E-state index in [1.54, 1.807) is 38.1 Å². The van der Waals surface area contributed by atoms with Gasteiger partial charge >= 0.3 is 5.97 Å². The van der Waals surface area contributed by atoms with E-state index in [9.17, 15) is 4.79 Å². The van der Waals surface area contributed by atoms with Crippen molar-refractivity contribution < 1.29 is 23.7 Å². The van der Waals surface area contributed by atoms with Crippen LogP contribution in [0.15, 0.2) is 30.3 Å². The highest BCUT2D eigenvalue weighted by molar-refractivity contribution is 5.89. The molecule has 0 aliphatic heterocycles. The second-order valence-electron chi connectivity index (χ2n) is 6.40. The Labute approximate surface area is 158 Å². The molecule has 0 amide bonds. The Morgan fingerprint density at radius 3 is 2.42 bits per heavy atom. The van der Waals surface area contributed by atoms with E-state index in [0.717, 1.165) is 13.0 Å². The first kappa shape index (κ1) is 22.6. The Morgan fingerprint density at radius 1 is 1.04 bits per heavy atom. The highest BCUT2D eigenvalue weighted by Gasteiger charge is 2.15. The number of hydrogen-bond acceptors (Lipinski definition) is 5. The average molecular weight is 366 g/mol. The van der Waals surface area contributed by atoms with Gasteiger partial charge in [0.05, 0.1) is 18.8 Å². The summed E-state index contributed by atoms with van der Waals surface area (Å²) in [6, 6.07) is 8.84. The first-order chi connectivity index (χ1) is 12.6. The summed E-state index contributed by atoms with van der Waals surface area (Å²) in [6.45, 7) is 9.63. The maximum absolute atomic E-state index is 11.9. The molecule has 5 nitrogen and oxygen atoms in total. The summed E-state index contributed by atoms with van der Waals surface area (Å²) in [5.74, 6) is 0.215. The zero-order chi connectivity index (χ0) is 19.2. The van der Waals surface area contributed by atoms with E-state index in [1.807, 2.05) is 6.07 Å². The zero-order valence-corrected chi connectivity index (χ0v) is 16.6. The van der Waals surface area contributed by atoms with Crippen LogP contribution in [0.1, 0.15) is 63.7 Å². The number of rotatable bonds is 14. The van der Waals surface area contributed by atoms with Gasteiger partial charge in [-0.3, -0.25) is 0 Å². The van der Waals surface area contributed by atoms with Gasteiger partial charge in [0, 0.05) is 6.61 Å². The number of benzene rings is 1. The number of esters is 1. The van der Waals surface area contributed by atoms with E-state index in [-0.39, 0.29) is 0 Å². The lowest BCUT2D eigenvalue weighted by atomic mass is 10.0. The Balaban J connectivity index is 2.13. The van der Waals surface area contributed by atoms with Gasteiger partial charge in [0.1, 0.15) is 0 Å². The standard InChI is InChI=1S/C21H34O5/c1-5-7-11-19(6-2)16-23-14-15-24-17(3)25-18(4)26-21(22)20-12-9-8-10-13-20/h8-10,12-13,17-19H,5-7,11,14-16H2,1-4H3.